The summed E-state index contributed by atoms with van der Waals surface area (Å²) >= 11 is 0. The zero-order valence-corrected chi connectivity index (χ0v) is 25.0. The Balaban J connectivity index is 0.00000230. The van der Waals surface area contributed by atoms with Crippen LogP contribution in [0.25, 0.3) is 0 Å². The number of hydrogen-bond acceptors (Lipinski definition) is 10. The first kappa shape index (κ1) is 34.2. The second-order valence-electron chi connectivity index (χ2n) is 11.6. The molecule has 45 heavy (non-hydrogen) atoms. The van der Waals surface area contributed by atoms with Gasteiger partial charge in [0.25, 0.3) is 0 Å². The lowest BCUT2D eigenvalue weighted by molar-refractivity contribution is -0.254. The number of carbonyl (C=O) groups excluding carboxylic acids is 3. The zero-order valence-electron chi connectivity index (χ0n) is 24.2. The molecule has 1 saturated heterocycles. The maximum Gasteiger partial charge on any atom is 0.198 e. The number of aliphatic hydroxyl groups is 1. The van der Waals surface area contributed by atoms with Crippen LogP contribution in [0.2, 0.25) is 0 Å². The first-order valence-corrected chi connectivity index (χ1v) is 14.2. The first-order valence-electron chi connectivity index (χ1n) is 14.2. The van der Waals surface area contributed by atoms with E-state index >= 15 is 0 Å². The SMILES string of the molecule is C.CC(=O)[C@]1(O)Cc2c(O)c3c(c(O)c2[C@H](OC2CC(N)C(OCc4ccccc4)C(C)O2)C1)C(=O)c1ccccc1C3=O.Cl. The summed E-state index contributed by atoms with van der Waals surface area (Å²) in [5, 5.41) is 34.3. The van der Waals surface area contributed by atoms with Crippen LogP contribution in [0.15, 0.2) is 54.6 Å². The lowest BCUT2D eigenvalue weighted by atomic mass is 9.72. The fourth-order valence-corrected chi connectivity index (χ4v) is 6.44. The monoisotopic (exact) mass is 639 g/mol. The van der Waals surface area contributed by atoms with Crippen molar-refractivity contribution in [3.8, 4) is 11.5 Å². The number of ether oxygens (including phenoxy) is 3. The fraction of sp³-hybridized carbons (Fsp3) is 0.382. The summed E-state index contributed by atoms with van der Waals surface area (Å²) in [6.45, 7) is 3.35. The topological polar surface area (TPSA) is 166 Å². The second kappa shape index (κ2) is 13.0. The second-order valence-corrected chi connectivity index (χ2v) is 11.6. The molecule has 4 unspecified atom stereocenters. The number of phenolic OH excluding ortho intramolecular Hbond substituents is 2. The molecule has 240 valence electrons. The van der Waals surface area contributed by atoms with Gasteiger partial charge < -0.3 is 35.3 Å². The van der Waals surface area contributed by atoms with Crippen molar-refractivity contribution in [1.82, 2.24) is 0 Å². The van der Waals surface area contributed by atoms with Gasteiger partial charge >= 0.3 is 0 Å². The van der Waals surface area contributed by atoms with E-state index in [1.807, 2.05) is 30.3 Å². The van der Waals surface area contributed by atoms with Gasteiger partial charge in [-0.05, 0) is 19.4 Å². The van der Waals surface area contributed by atoms with Crippen LogP contribution in [-0.4, -0.2) is 62.8 Å². The number of nitrogens with two attached hydrogens (primary N) is 1. The predicted octanol–water partition coefficient (Wildman–Crippen LogP) is 4.30. The number of phenols is 2. The highest BCUT2D eigenvalue weighted by molar-refractivity contribution is 6.30. The number of aromatic hydroxyl groups is 2. The molecular weight excluding hydrogens is 602 g/mol. The molecule has 0 bridgehead atoms. The van der Waals surface area contributed by atoms with E-state index in [-0.39, 0.29) is 72.5 Å². The molecule has 11 heteroatoms. The molecule has 3 aliphatic rings. The Kier molecular flexibility index (Phi) is 9.89. The van der Waals surface area contributed by atoms with Crippen LogP contribution in [0.5, 0.6) is 11.5 Å². The van der Waals surface area contributed by atoms with Crippen molar-refractivity contribution in [3.63, 3.8) is 0 Å². The van der Waals surface area contributed by atoms with Crippen LogP contribution < -0.4 is 5.73 Å². The molecule has 5 N–H and O–H groups in total. The molecule has 0 saturated carbocycles. The zero-order chi connectivity index (χ0) is 30.6. The van der Waals surface area contributed by atoms with E-state index in [9.17, 15) is 29.7 Å². The van der Waals surface area contributed by atoms with Gasteiger partial charge in [0.05, 0.1) is 36.0 Å². The summed E-state index contributed by atoms with van der Waals surface area (Å²) in [4.78, 5) is 39.6. The average molecular weight is 640 g/mol. The summed E-state index contributed by atoms with van der Waals surface area (Å²) in [6.07, 6.45) is -3.52. The number of halogens is 1. The van der Waals surface area contributed by atoms with E-state index < -0.39 is 65.1 Å². The van der Waals surface area contributed by atoms with Crippen LogP contribution in [0, 0.1) is 0 Å². The number of rotatable bonds is 6. The molecule has 0 amide bonds. The number of benzene rings is 3. The minimum absolute atomic E-state index is 0. The van der Waals surface area contributed by atoms with Crippen molar-refractivity contribution >= 4 is 29.8 Å². The molecule has 1 fully saturated rings. The molecule has 0 spiro atoms. The van der Waals surface area contributed by atoms with Gasteiger partial charge in [-0.15, -0.1) is 12.4 Å². The highest BCUT2D eigenvalue weighted by Crippen LogP contribution is 2.52. The van der Waals surface area contributed by atoms with Gasteiger partial charge in [-0.1, -0.05) is 62.0 Å². The quantitative estimate of drug-likeness (QED) is 0.223. The van der Waals surface area contributed by atoms with Crippen molar-refractivity contribution in [2.75, 3.05) is 0 Å². The Bertz CT molecular complexity index is 1620. The normalized spacial score (nSPS) is 26.9. The molecule has 1 heterocycles. The first-order chi connectivity index (χ1) is 20.5. The number of Topliss-reactive ketones (excluding diaryl/α,β-unsaturated/α-hetero) is 1. The molecule has 1 aliphatic heterocycles. The van der Waals surface area contributed by atoms with Gasteiger partial charge in [-0.25, -0.2) is 0 Å². The Morgan fingerprint density at radius 1 is 1.00 bits per heavy atom. The Hall–Kier alpha value is -3.64. The maximum atomic E-state index is 13.5. The van der Waals surface area contributed by atoms with Crippen LogP contribution in [0.1, 0.15) is 88.8 Å². The third kappa shape index (κ3) is 5.90. The van der Waals surface area contributed by atoms with Gasteiger partial charge in [-0.2, -0.15) is 0 Å². The Labute approximate surface area is 267 Å². The van der Waals surface area contributed by atoms with Gasteiger partial charge in [0.15, 0.2) is 23.6 Å². The third-order valence-electron chi connectivity index (χ3n) is 8.75. The van der Waals surface area contributed by atoms with Crippen molar-refractivity contribution in [1.29, 1.82) is 0 Å². The van der Waals surface area contributed by atoms with E-state index in [1.54, 1.807) is 19.1 Å². The molecule has 2 aliphatic carbocycles. The summed E-state index contributed by atoms with van der Waals surface area (Å²) in [6, 6.07) is 15.3. The minimum Gasteiger partial charge on any atom is -0.507 e. The van der Waals surface area contributed by atoms with E-state index in [1.165, 1.54) is 19.1 Å². The molecule has 6 rings (SSSR count). The summed E-state index contributed by atoms with van der Waals surface area (Å²) < 4.78 is 18.5. The average Bonchev–Trinajstić information content (AvgIpc) is 2.97. The van der Waals surface area contributed by atoms with Crippen molar-refractivity contribution in [2.45, 2.75) is 83.4 Å². The van der Waals surface area contributed by atoms with Gasteiger partial charge in [-0.3, -0.25) is 14.4 Å². The molecule has 0 radical (unpaired) electrons. The van der Waals surface area contributed by atoms with Crippen molar-refractivity contribution in [3.05, 3.63) is 93.5 Å². The summed E-state index contributed by atoms with van der Waals surface area (Å²) in [5.41, 5.74) is 4.96. The molecule has 6 atom stereocenters. The van der Waals surface area contributed by atoms with Crippen LogP contribution in [0.4, 0.5) is 0 Å². The lowest BCUT2D eigenvalue weighted by Gasteiger charge is -2.43. The summed E-state index contributed by atoms with van der Waals surface area (Å²) in [7, 11) is 0. The minimum atomic E-state index is -1.97. The molecule has 3 aromatic rings. The van der Waals surface area contributed by atoms with Crippen LogP contribution >= 0.6 is 12.4 Å². The van der Waals surface area contributed by atoms with E-state index in [0.29, 0.717) is 6.61 Å². The van der Waals surface area contributed by atoms with Gasteiger partial charge in [0, 0.05) is 47.6 Å². The number of carbonyl (C=O) groups is 3. The number of hydrogen-bond donors (Lipinski definition) is 4. The van der Waals surface area contributed by atoms with Gasteiger partial charge in [0.2, 0.25) is 0 Å². The van der Waals surface area contributed by atoms with Crippen LogP contribution in [-0.2, 0) is 32.0 Å². The smallest absolute Gasteiger partial charge is 0.198 e. The van der Waals surface area contributed by atoms with Crippen LogP contribution in [0.3, 0.4) is 0 Å². The lowest BCUT2D eigenvalue weighted by Crippen LogP contribution is -2.53. The van der Waals surface area contributed by atoms with Crippen molar-refractivity contribution in [2.24, 2.45) is 5.73 Å². The Morgan fingerprint density at radius 2 is 1.58 bits per heavy atom. The fourth-order valence-electron chi connectivity index (χ4n) is 6.44. The molecule has 10 nitrogen and oxygen atoms in total. The number of ketones is 3. The third-order valence-corrected chi connectivity index (χ3v) is 8.75. The maximum absolute atomic E-state index is 13.5. The standard InChI is InChI=1S/C33H33NO9.CH4.ClH/c1-16-32(41-15-18-8-4-3-5-9-18)22(34)12-24(42-16)43-23-14-33(40,17(2)35)13-21-25(23)31(39)27-26(30(21)38)28(36)19-10-6-7-11-20(19)29(27)37;;/h3-11,16,22-24,32,38-40H,12-15,34H2,1-2H3;1H4;1H/t16?,22?,23-,24?,32?,33+;;/m1../s1. The van der Waals surface area contributed by atoms with Gasteiger partial charge in [0.1, 0.15) is 17.1 Å². The highest BCUT2D eigenvalue weighted by atomic mass is 35.5. The van der Waals surface area contributed by atoms with Crippen molar-refractivity contribution < 1.29 is 43.9 Å². The predicted molar refractivity (Wildman–Crippen MR) is 167 cm³/mol. The van der Waals surface area contributed by atoms with E-state index in [2.05, 4.69) is 0 Å². The molecular formula is C34H38ClNO9. The summed E-state index contributed by atoms with van der Waals surface area (Å²) in [5.74, 6) is -2.97. The highest BCUT2D eigenvalue weighted by Gasteiger charge is 2.49. The number of fused-ring (bicyclic) bond motifs is 3. The molecule has 0 aromatic heterocycles. The molecule has 3 aromatic carbocycles. The Morgan fingerprint density at radius 3 is 2.16 bits per heavy atom. The van der Waals surface area contributed by atoms with E-state index in [4.69, 9.17) is 19.9 Å². The van der Waals surface area contributed by atoms with E-state index in [0.717, 1.165) is 5.56 Å². The largest absolute Gasteiger partial charge is 0.507 e.